The summed E-state index contributed by atoms with van der Waals surface area (Å²) >= 11 is 0. The Morgan fingerprint density at radius 2 is 1.79 bits per heavy atom. The van der Waals surface area contributed by atoms with Gasteiger partial charge in [0.25, 0.3) is 0 Å². The van der Waals surface area contributed by atoms with Gasteiger partial charge in [-0.15, -0.1) is 0 Å². The fourth-order valence-corrected chi connectivity index (χ4v) is 1.88. The molecule has 0 saturated carbocycles. The van der Waals surface area contributed by atoms with Crippen molar-refractivity contribution in [2.75, 3.05) is 5.32 Å². The summed E-state index contributed by atoms with van der Waals surface area (Å²) in [6.07, 6.45) is 0. The number of phenolic OH excluding ortho intramolecular Hbond substituents is 1. The van der Waals surface area contributed by atoms with Crippen LogP contribution in [0.2, 0.25) is 0 Å². The molecule has 2 aromatic rings. The third-order valence-corrected chi connectivity index (χ3v) is 3.02. The Hall–Kier alpha value is -2.49. The molecule has 2 aromatic carbocycles. The van der Waals surface area contributed by atoms with Crippen LogP contribution in [0.5, 0.6) is 5.75 Å². The highest BCUT2D eigenvalue weighted by Crippen LogP contribution is 2.28. The van der Waals surface area contributed by atoms with Crippen LogP contribution in [0.25, 0.3) is 0 Å². The molecule has 4 nitrogen and oxygen atoms in total. The number of carboxylic acids is 1. The predicted molar refractivity (Wildman–Crippen MR) is 73.2 cm³/mol. The summed E-state index contributed by atoms with van der Waals surface area (Å²) in [5, 5.41) is 22.0. The van der Waals surface area contributed by atoms with Gasteiger partial charge in [0.15, 0.2) is 5.54 Å². The van der Waals surface area contributed by atoms with Crippen molar-refractivity contribution in [1.29, 1.82) is 0 Å². The van der Waals surface area contributed by atoms with Gasteiger partial charge in [0.1, 0.15) is 5.75 Å². The Balaban J connectivity index is 2.41. The van der Waals surface area contributed by atoms with Crippen molar-refractivity contribution in [1.82, 2.24) is 0 Å². The van der Waals surface area contributed by atoms with Crippen molar-refractivity contribution < 1.29 is 15.0 Å². The highest BCUT2D eigenvalue weighted by atomic mass is 16.4. The van der Waals surface area contributed by atoms with Crippen molar-refractivity contribution in [3.05, 3.63) is 60.2 Å². The number of phenols is 1. The molecule has 0 saturated heterocycles. The first-order chi connectivity index (χ1) is 9.02. The third kappa shape index (κ3) is 2.68. The highest BCUT2D eigenvalue weighted by Gasteiger charge is 2.35. The summed E-state index contributed by atoms with van der Waals surface area (Å²) in [5.41, 5.74) is -0.111. The first-order valence-corrected chi connectivity index (χ1v) is 5.88. The number of anilines is 1. The molecule has 1 unspecified atom stereocenters. The molecule has 4 heteroatoms. The molecule has 0 spiro atoms. The normalized spacial score (nSPS) is 13.5. The van der Waals surface area contributed by atoms with Gasteiger partial charge in [0.05, 0.1) is 0 Å². The van der Waals surface area contributed by atoms with E-state index in [4.69, 9.17) is 0 Å². The molecule has 0 radical (unpaired) electrons. The maximum Gasteiger partial charge on any atom is 0.333 e. The fraction of sp³-hybridized carbons (Fsp3) is 0.133. The fourth-order valence-electron chi connectivity index (χ4n) is 1.88. The Kier molecular flexibility index (Phi) is 3.42. The standard InChI is InChI=1S/C15H15NO3/c1-15(14(18)19,11-6-5-9-13(17)10-11)16-12-7-3-2-4-8-12/h2-10,16-17H,1H3,(H,18,19). The van der Waals surface area contributed by atoms with Crippen molar-refractivity contribution in [2.45, 2.75) is 12.5 Å². The van der Waals surface area contributed by atoms with E-state index < -0.39 is 11.5 Å². The van der Waals surface area contributed by atoms with Gasteiger partial charge in [0.2, 0.25) is 0 Å². The second-order valence-electron chi connectivity index (χ2n) is 4.47. The van der Waals surface area contributed by atoms with E-state index in [0.29, 0.717) is 11.3 Å². The van der Waals surface area contributed by atoms with Crippen LogP contribution in [-0.2, 0) is 10.3 Å². The van der Waals surface area contributed by atoms with Gasteiger partial charge in [-0.2, -0.15) is 0 Å². The lowest BCUT2D eigenvalue weighted by molar-refractivity contribution is -0.142. The smallest absolute Gasteiger partial charge is 0.333 e. The summed E-state index contributed by atoms with van der Waals surface area (Å²) in [7, 11) is 0. The minimum Gasteiger partial charge on any atom is -0.508 e. The number of benzene rings is 2. The average molecular weight is 257 g/mol. The van der Waals surface area contributed by atoms with Crippen molar-refractivity contribution in [2.24, 2.45) is 0 Å². The molecule has 98 valence electrons. The maximum atomic E-state index is 11.6. The zero-order chi connectivity index (χ0) is 13.9. The van der Waals surface area contributed by atoms with Crippen LogP contribution in [0.15, 0.2) is 54.6 Å². The molecule has 19 heavy (non-hydrogen) atoms. The number of nitrogens with one attached hydrogen (secondary N) is 1. The van der Waals surface area contributed by atoms with E-state index in [1.54, 1.807) is 31.2 Å². The van der Waals surface area contributed by atoms with Gasteiger partial charge in [-0.3, -0.25) is 0 Å². The van der Waals surface area contributed by atoms with Gasteiger partial charge in [-0.05, 0) is 36.8 Å². The Morgan fingerprint density at radius 1 is 1.11 bits per heavy atom. The van der Waals surface area contributed by atoms with E-state index in [0.717, 1.165) is 0 Å². The molecule has 0 aliphatic heterocycles. The van der Waals surface area contributed by atoms with E-state index in [1.807, 2.05) is 18.2 Å². The van der Waals surface area contributed by atoms with Crippen LogP contribution in [0.1, 0.15) is 12.5 Å². The zero-order valence-electron chi connectivity index (χ0n) is 10.5. The largest absolute Gasteiger partial charge is 0.508 e. The third-order valence-electron chi connectivity index (χ3n) is 3.02. The van der Waals surface area contributed by atoms with Gasteiger partial charge in [-0.1, -0.05) is 30.3 Å². The number of aliphatic carboxylic acids is 1. The topological polar surface area (TPSA) is 69.6 Å². The number of rotatable bonds is 4. The number of para-hydroxylation sites is 1. The minimum atomic E-state index is -1.31. The van der Waals surface area contributed by atoms with E-state index in [9.17, 15) is 15.0 Å². The molecule has 0 aliphatic rings. The lowest BCUT2D eigenvalue weighted by atomic mass is 9.91. The molecule has 0 bridgehead atoms. The molecule has 2 rings (SSSR count). The summed E-state index contributed by atoms with van der Waals surface area (Å²) in [5.74, 6) is -0.971. The number of carboxylic acid groups (broad SMARTS) is 1. The number of carbonyl (C=O) groups is 1. The minimum absolute atomic E-state index is 0.0415. The summed E-state index contributed by atoms with van der Waals surface area (Å²) < 4.78 is 0. The molecule has 3 N–H and O–H groups in total. The molecular weight excluding hydrogens is 242 g/mol. The van der Waals surface area contributed by atoms with E-state index >= 15 is 0 Å². The van der Waals surface area contributed by atoms with Crippen LogP contribution in [0.3, 0.4) is 0 Å². The molecule has 0 aliphatic carbocycles. The zero-order valence-corrected chi connectivity index (χ0v) is 10.5. The van der Waals surface area contributed by atoms with Gasteiger partial charge >= 0.3 is 5.97 Å². The van der Waals surface area contributed by atoms with Crippen molar-refractivity contribution >= 4 is 11.7 Å². The Labute approximate surface area is 111 Å². The van der Waals surface area contributed by atoms with E-state index in [1.165, 1.54) is 12.1 Å². The molecule has 1 atom stereocenters. The SMILES string of the molecule is CC(Nc1ccccc1)(C(=O)O)c1cccc(O)c1. The first-order valence-electron chi connectivity index (χ1n) is 5.88. The second kappa shape index (κ2) is 5.02. The maximum absolute atomic E-state index is 11.6. The van der Waals surface area contributed by atoms with Crippen LogP contribution < -0.4 is 5.32 Å². The summed E-state index contributed by atoms with van der Waals surface area (Å²) in [6, 6.07) is 15.4. The van der Waals surface area contributed by atoms with Crippen LogP contribution in [0.4, 0.5) is 5.69 Å². The number of hydrogen-bond acceptors (Lipinski definition) is 3. The molecule has 0 heterocycles. The van der Waals surface area contributed by atoms with E-state index in [-0.39, 0.29) is 5.75 Å². The first kappa shape index (κ1) is 13.0. The van der Waals surface area contributed by atoms with Gasteiger partial charge < -0.3 is 15.5 Å². The monoisotopic (exact) mass is 257 g/mol. The van der Waals surface area contributed by atoms with Gasteiger partial charge in [0, 0.05) is 5.69 Å². The van der Waals surface area contributed by atoms with Gasteiger partial charge in [-0.25, -0.2) is 4.79 Å². The second-order valence-corrected chi connectivity index (χ2v) is 4.47. The lowest BCUT2D eigenvalue weighted by Crippen LogP contribution is -2.40. The summed E-state index contributed by atoms with van der Waals surface area (Å²) in [4.78, 5) is 11.6. The number of aromatic hydroxyl groups is 1. The quantitative estimate of drug-likeness (QED) is 0.787. The summed E-state index contributed by atoms with van der Waals surface area (Å²) in [6.45, 7) is 1.57. The van der Waals surface area contributed by atoms with Crippen LogP contribution in [0, 0.1) is 0 Å². The molecule has 0 fully saturated rings. The molecular formula is C15H15NO3. The highest BCUT2D eigenvalue weighted by molar-refractivity contribution is 5.84. The van der Waals surface area contributed by atoms with Crippen LogP contribution >= 0.6 is 0 Å². The average Bonchev–Trinajstić information content (AvgIpc) is 2.39. The Morgan fingerprint density at radius 3 is 2.37 bits per heavy atom. The lowest BCUT2D eigenvalue weighted by Gasteiger charge is -2.28. The van der Waals surface area contributed by atoms with E-state index in [2.05, 4.69) is 5.32 Å². The van der Waals surface area contributed by atoms with Crippen molar-refractivity contribution in [3.8, 4) is 5.75 Å². The number of hydrogen-bond donors (Lipinski definition) is 3. The molecule has 0 aromatic heterocycles. The van der Waals surface area contributed by atoms with Crippen LogP contribution in [-0.4, -0.2) is 16.2 Å². The predicted octanol–water partition coefficient (Wildman–Crippen LogP) is 2.80. The Bertz CT molecular complexity index is 583. The van der Waals surface area contributed by atoms with Crippen molar-refractivity contribution in [3.63, 3.8) is 0 Å². The molecule has 0 amide bonds.